The summed E-state index contributed by atoms with van der Waals surface area (Å²) in [5.74, 6) is -5.12. The largest absolute Gasteiger partial charge is 0.434 e. The van der Waals surface area contributed by atoms with E-state index in [0.29, 0.717) is 28.6 Å². The first-order valence-corrected chi connectivity index (χ1v) is 16.9. The fraction of sp³-hybridized carbons (Fsp3) is 0.300. The van der Waals surface area contributed by atoms with Crippen molar-refractivity contribution in [1.82, 2.24) is 10.3 Å². The molecule has 0 aliphatic rings. The highest BCUT2D eigenvalue weighted by Crippen LogP contribution is 2.19. The van der Waals surface area contributed by atoms with Crippen molar-refractivity contribution in [2.24, 2.45) is 5.92 Å². The monoisotopic (exact) mass is 596 g/mol. The van der Waals surface area contributed by atoms with Gasteiger partial charge in [0.25, 0.3) is 5.89 Å². The second kappa shape index (κ2) is 13.2. The quantitative estimate of drug-likeness (QED) is 0.214. The summed E-state index contributed by atoms with van der Waals surface area (Å²) >= 11 is 0. The third-order valence-electron chi connectivity index (χ3n) is 6.45. The minimum atomic E-state index is -3.90. The Morgan fingerprint density at radius 2 is 1.29 bits per heavy atom. The van der Waals surface area contributed by atoms with Crippen LogP contribution in [0.1, 0.15) is 41.6 Å². The maximum atomic E-state index is 13.6. The number of hydrogen-bond acceptors (Lipinski definition) is 8. The maximum absolute atomic E-state index is 13.6. The predicted molar refractivity (Wildman–Crippen MR) is 157 cm³/mol. The Bertz CT molecular complexity index is 1590. The van der Waals surface area contributed by atoms with E-state index in [1.807, 2.05) is 6.92 Å². The van der Waals surface area contributed by atoms with Crippen LogP contribution in [-0.4, -0.2) is 51.1 Å². The molecule has 11 heteroatoms. The van der Waals surface area contributed by atoms with E-state index < -0.39 is 54.8 Å². The number of sulfone groups is 2. The first kappa shape index (κ1) is 30.1. The van der Waals surface area contributed by atoms with Crippen molar-refractivity contribution in [2.75, 3.05) is 11.5 Å². The van der Waals surface area contributed by atoms with Crippen molar-refractivity contribution in [1.29, 1.82) is 0 Å². The lowest BCUT2D eigenvalue weighted by atomic mass is 10.1. The van der Waals surface area contributed by atoms with Gasteiger partial charge < -0.3 is 9.73 Å². The van der Waals surface area contributed by atoms with Crippen LogP contribution in [0.5, 0.6) is 0 Å². The van der Waals surface area contributed by atoms with Crippen molar-refractivity contribution >= 4 is 42.5 Å². The Morgan fingerprint density at radius 3 is 1.80 bits per heavy atom. The molecule has 1 atom stereocenters. The zero-order valence-electron chi connectivity index (χ0n) is 22.6. The highest BCUT2D eigenvalue weighted by molar-refractivity contribution is 7.91. The number of nitrogens with zero attached hydrogens (tertiary/aromatic N) is 1. The smallest absolute Gasteiger partial charge is 0.266 e. The fourth-order valence-corrected chi connectivity index (χ4v) is 8.11. The third kappa shape index (κ3) is 8.58. The van der Waals surface area contributed by atoms with Gasteiger partial charge in [-0.05, 0) is 29.7 Å². The topological polar surface area (TPSA) is 140 Å². The molecule has 1 N–H and O–H groups in total. The number of aromatic nitrogens is 1. The Hall–Kier alpha value is -3.83. The first-order chi connectivity index (χ1) is 19.5. The molecule has 0 fully saturated rings. The van der Waals surface area contributed by atoms with E-state index in [4.69, 9.17) is 4.42 Å². The number of ketones is 1. The molecule has 41 heavy (non-hydrogen) atoms. The number of para-hydroxylation sites is 2. The standard InChI is InChI=1S/C30H32N2O7S2/c1-2-11-26(28(33)30-32-25-16-9-10-17-27(25)39-30)31-29(34)24(20-40(35,36)18-22-12-5-3-6-13-22)21-41(37,38)19-23-14-7-4-8-15-23/h3-10,12-17,24,26H,2,11,18-21H2,1H3,(H,31,34). The van der Waals surface area contributed by atoms with Gasteiger partial charge in [-0.3, -0.25) is 9.59 Å². The van der Waals surface area contributed by atoms with Crippen LogP contribution in [0.3, 0.4) is 0 Å². The zero-order valence-corrected chi connectivity index (χ0v) is 24.2. The van der Waals surface area contributed by atoms with Gasteiger partial charge in [0.05, 0.1) is 35.0 Å². The molecule has 1 aromatic heterocycles. The Labute approximate surface area is 239 Å². The molecule has 0 saturated carbocycles. The Balaban J connectivity index is 1.58. The molecule has 4 aromatic rings. The summed E-state index contributed by atoms with van der Waals surface area (Å²) in [4.78, 5) is 31.1. The van der Waals surface area contributed by atoms with Crippen molar-refractivity contribution in [3.63, 3.8) is 0 Å². The maximum Gasteiger partial charge on any atom is 0.266 e. The van der Waals surface area contributed by atoms with Crippen LogP contribution in [0, 0.1) is 5.92 Å². The molecule has 1 amide bonds. The molecule has 0 spiro atoms. The van der Waals surface area contributed by atoms with Crippen molar-refractivity contribution in [3.05, 3.63) is 102 Å². The summed E-state index contributed by atoms with van der Waals surface area (Å²) in [6.07, 6.45) is 0.740. The molecule has 0 bridgehead atoms. The molecule has 1 heterocycles. The SMILES string of the molecule is CCCC(NC(=O)C(CS(=O)(=O)Cc1ccccc1)CS(=O)(=O)Cc1ccccc1)C(=O)c1nc2ccccc2o1. The van der Waals surface area contributed by atoms with Crippen LogP contribution in [-0.2, 0) is 36.0 Å². The highest BCUT2D eigenvalue weighted by atomic mass is 32.2. The molecular weight excluding hydrogens is 564 g/mol. The molecule has 1 unspecified atom stereocenters. The van der Waals surface area contributed by atoms with Gasteiger partial charge in [-0.2, -0.15) is 0 Å². The van der Waals surface area contributed by atoms with Crippen LogP contribution in [0.4, 0.5) is 0 Å². The molecule has 0 aliphatic heterocycles. The van der Waals surface area contributed by atoms with E-state index in [0.717, 1.165) is 0 Å². The fourth-order valence-electron chi connectivity index (χ4n) is 4.56. The molecule has 0 saturated heterocycles. The van der Waals surface area contributed by atoms with Gasteiger partial charge in [-0.15, -0.1) is 0 Å². The number of fused-ring (bicyclic) bond motifs is 1. The van der Waals surface area contributed by atoms with Crippen LogP contribution >= 0.6 is 0 Å². The first-order valence-electron chi connectivity index (χ1n) is 13.2. The summed E-state index contributed by atoms with van der Waals surface area (Å²) in [7, 11) is -7.81. The molecule has 0 radical (unpaired) electrons. The van der Waals surface area contributed by atoms with Gasteiger partial charge >= 0.3 is 0 Å². The third-order valence-corrected chi connectivity index (χ3v) is 9.82. The van der Waals surface area contributed by atoms with E-state index in [1.165, 1.54) is 0 Å². The van der Waals surface area contributed by atoms with Gasteiger partial charge in [0.1, 0.15) is 5.52 Å². The summed E-state index contributed by atoms with van der Waals surface area (Å²) in [6.45, 7) is 1.82. The van der Waals surface area contributed by atoms with E-state index >= 15 is 0 Å². The van der Waals surface area contributed by atoms with Crippen molar-refractivity contribution in [3.8, 4) is 0 Å². The normalized spacial score (nSPS) is 12.8. The zero-order chi connectivity index (χ0) is 29.5. The van der Waals surface area contributed by atoms with Crippen LogP contribution in [0.2, 0.25) is 0 Å². The second-order valence-electron chi connectivity index (χ2n) is 9.98. The average Bonchev–Trinajstić information content (AvgIpc) is 3.37. The minimum absolute atomic E-state index is 0.185. The summed E-state index contributed by atoms with van der Waals surface area (Å²) in [5.41, 5.74) is 1.94. The lowest BCUT2D eigenvalue weighted by molar-refractivity contribution is -0.124. The second-order valence-corrected chi connectivity index (χ2v) is 14.2. The molecule has 0 aliphatic carbocycles. The number of hydrogen-bond donors (Lipinski definition) is 1. The van der Waals surface area contributed by atoms with E-state index in [1.54, 1.807) is 84.9 Å². The molecule has 9 nitrogen and oxygen atoms in total. The van der Waals surface area contributed by atoms with Gasteiger partial charge in [0.2, 0.25) is 11.7 Å². The van der Waals surface area contributed by atoms with Gasteiger partial charge in [0.15, 0.2) is 25.3 Å². The van der Waals surface area contributed by atoms with E-state index in [-0.39, 0.29) is 23.8 Å². The Morgan fingerprint density at radius 1 is 0.780 bits per heavy atom. The molecule has 216 valence electrons. The van der Waals surface area contributed by atoms with Gasteiger partial charge in [-0.1, -0.05) is 86.1 Å². The number of carbonyl (C=O) groups is 2. The van der Waals surface area contributed by atoms with Gasteiger partial charge in [-0.25, -0.2) is 21.8 Å². The number of benzene rings is 3. The number of rotatable bonds is 14. The summed E-state index contributed by atoms with van der Waals surface area (Å²) in [6, 6.07) is 22.7. The van der Waals surface area contributed by atoms with E-state index in [9.17, 15) is 26.4 Å². The molecular formula is C30H32N2O7S2. The van der Waals surface area contributed by atoms with Crippen LogP contribution in [0.15, 0.2) is 89.3 Å². The summed E-state index contributed by atoms with van der Waals surface area (Å²) < 4.78 is 58.2. The van der Waals surface area contributed by atoms with Crippen molar-refractivity contribution < 1.29 is 30.8 Å². The van der Waals surface area contributed by atoms with Gasteiger partial charge in [0, 0.05) is 0 Å². The minimum Gasteiger partial charge on any atom is -0.434 e. The average molecular weight is 597 g/mol. The summed E-state index contributed by atoms with van der Waals surface area (Å²) in [5, 5.41) is 2.62. The van der Waals surface area contributed by atoms with E-state index in [2.05, 4.69) is 10.3 Å². The molecule has 3 aromatic carbocycles. The lowest BCUT2D eigenvalue weighted by Crippen LogP contribution is -2.47. The van der Waals surface area contributed by atoms with Crippen molar-refractivity contribution in [2.45, 2.75) is 37.3 Å². The number of carbonyl (C=O) groups excluding carboxylic acids is 2. The number of oxazole rings is 1. The van der Waals surface area contributed by atoms with Crippen LogP contribution < -0.4 is 5.32 Å². The van der Waals surface area contributed by atoms with Crippen LogP contribution in [0.25, 0.3) is 11.1 Å². The predicted octanol–water partition coefficient (Wildman–Crippen LogP) is 4.14. The Kier molecular flexibility index (Phi) is 9.72. The lowest BCUT2D eigenvalue weighted by Gasteiger charge is -2.21. The highest BCUT2D eigenvalue weighted by Gasteiger charge is 2.34. The number of Topliss-reactive ketones (excluding diaryl/α,β-unsaturated/α-hetero) is 1. The number of amides is 1. The molecule has 4 rings (SSSR count). The number of nitrogens with one attached hydrogen (secondary N) is 1.